The fourth-order valence-corrected chi connectivity index (χ4v) is 2.93. The second kappa shape index (κ2) is 6.04. The lowest BCUT2D eigenvalue weighted by molar-refractivity contribution is -0.136. The zero-order valence-corrected chi connectivity index (χ0v) is 11.9. The lowest BCUT2D eigenvalue weighted by atomic mass is 10.0. The number of aliphatic carboxylic acids is 1. The highest BCUT2D eigenvalue weighted by Crippen LogP contribution is 2.33. The molecule has 0 unspecified atom stereocenters. The smallest absolute Gasteiger partial charge is 0.307 e. The standard InChI is InChI=1S/C14H12O3S2/c1-17-11-4-5-12-9(6-11)2-3-10(7-13(15)16)14(12)19-8-18/h2-6,8H,7H2,1H3,(H,15,16). The minimum Gasteiger partial charge on any atom is -0.497 e. The summed E-state index contributed by atoms with van der Waals surface area (Å²) in [6, 6.07) is 9.45. The molecular formula is C14H12O3S2. The molecular weight excluding hydrogens is 280 g/mol. The molecule has 0 aliphatic rings. The molecule has 98 valence electrons. The third kappa shape index (κ3) is 3.05. The van der Waals surface area contributed by atoms with Crippen molar-refractivity contribution in [2.45, 2.75) is 11.3 Å². The molecule has 3 nitrogen and oxygen atoms in total. The number of carboxylic acids is 1. The predicted octanol–water partition coefficient (Wildman–Crippen LogP) is 3.52. The van der Waals surface area contributed by atoms with Crippen LogP contribution in [0, 0.1) is 0 Å². The third-order valence-electron chi connectivity index (χ3n) is 2.77. The fourth-order valence-electron chi connectivity index (χ4n) is 1.94. The molecule has 2 aromatic carbocycles. The van der Waals surface area contributed by atoms with Crippen LogP contribution in [0.3, 0.4) is 0 Å². The Morgan fingerprint density at radius 3 is 2.84 bits per heavy atom. The molecule has 0 aliphatic heterocycles. The summed E-state index contributed by atoms with van der Waals surface area (Å²) in [6.45, 7) is 0. The summed E-state index contributed by atoms with van der Waals surface area (Å²) in [5, 5.41) is 10.9. The van der Waals surface area contributed by atoms with Gasteiger partial charge in [-0.05, 0) is 34.5 Å². The van der Waals surface area contributed by atoms with E-state index in [1.165, 1.54) is 11.8 Å². The molecule has 19 heavy (non-hydrogen) atoms. The maximum atomic E-state index is 10.9. The molecule has 0 spiro atoms. The van der Waals surface area contributed by atoms with Crippen molar-refractivity contribution in [3.63, 3.8) is 0 Å². The van der Waals surface area contributed by atoms with Crippen molar-refractivity contribution in [3.8, 4) is 5.75 Å². The van der Waals surface area contributed by atoms with Crippen LogP contribution in [-0.2, 0) is 11.2 Å². The Balaban J connectivity index is 2.62. The van der Waals surface area contributed by atoms with Crippen molar-refractivity contribution in [1.82, 2.24) is 0 Å². The molecule has 0 fully saturated rings. The van der Waals surface area contributed by atoms with Crippen LogP contribution in [-0.4, -0.2) is 22.9 Å². The van der Waals surface area contributed by atoms with Gasteiger partial charge in [0.25, 0.3) is 0 Å². The first-order valence-corrected chi connectivity index (χ1v) is 6.92. The average molecular weight is 292 g/mol. The molecule has 0 saturated heterocycles. The van der Waals surface area contributed by atoms with E-state index >= 15 is 0 Å². The molecule has 0 atom stereocenters. The highest BCUT2D eigenvalue weighted by Gasteiger charge is 2.11. The van der Waals surface area contributed by atoms with Gasteiger partial charge in [0.05, 0.1) is 13.5 Å². The summed E-state index contributed by atoms with van der Waals surface area (Å²) in [7, 11) is 1.62. The van der Waals surface area contributed by atoms with Crippen LogP contribution in [0.15, 0.2) is 35.2 Å². The third-order valence-corrected chi connectivity index (χ3v) is 3.87. The Bertz CT molecular complexity index is 638. The molecule has 0 saturated carbocycles. The quantitative estimate of drug-likeness (QED) is 0.675. The topological polar surface area (TPSA) is 46.5 Å². The van der Waals surface area contributed by atoms with Gasteiger partial charge in [0, 0.05) is 9.59 Å². The molecule has 0 bridgehead atoms. The first-order valence-electron chi connectivity index (χ1n) is 5.57. The van der Waals surface area contributed by atoms with Gasteiger partial charge >= 0.3 is 5.97 Å². The van der Waals surface area contributed by atoms with Gasteiger partial charge < -0.3 is 9.84 Å². The van der Waals surface area contributed by atoms with E-state index in [2.05, 4.69) is 0 Å². The zero-order valence-electron chi connectivity index (χ0n) is 10.3. The number of fused-ring (bicyclic) bond motifs is 1. The van der Waals surface area contributed by atoms with Crippen LogP contribution in [0.2, 0.25) is 0 Å². The van der Waals surface area contributed by atoms with Crippen LogP contribution in [0.1, 0.15) is 5.56 Å². The molecule has 1 N–H and O–H groups in total. The molecule has 0 aliphatic carbocycles. The Morgan fingerprint density at radius 2 is 2.21 bits per heavy atom. The zero-order chi connectivity index (χ0) is 13.8. The number of carboxylic acid groups (broad SMARTS) is 1. The number of benzene rings is 2. The van der Waals surface area contributed by atoms with Gasteiger partial charge in [-0.3, -0.25) is 4.79 Å². The van der Waals surface area contributed by atoms with Crippen LogP contribution >= 0.6 is 24.0 Å². The Hall–Kier alpha value is -1.59. The summed E-state index contributed by atoms with van der Waals surface area (Å²) in [4.78, 5) is 11.8. The van der Waals surface area contributed by atoms with E-state index in [0.717, 1.165) is 27.0 Å². The minimum atomic E-state index is -0.848. The summed E-state index contributed by atoms with van der Waals surface area (Å²) >= 11 is 6.26. The first kappa shape index (κ1) is 13.8. The highest BCUT2D eigenvalue weighted by atomic mass is 32.2. The number of thiocarbonyl (C=S) groups is 1. The van der Waals surface area contributed by atoms with Gasteiger partial charge in [-0.25, -0.2) is 0 Å². The van der Waals surface area contributed by atoms with Gasteiger partial charge in [-0.15, -0.1) is 0 Å². The van der Waals surface area contributed by atoms with Gasteiger partial charge in [0.2, 0.25) is 0 Å². The second-order valence-electron chi connectivity index (χ2n) is 3.93. The van der Waals surface area contributed by atoms with Crippen LogP contribution in [0.25, 0.3) is 10.8 Å². The van der Waals surface area contributed by atoms with E-state index in [-0.39, 0.29) is 6.42 Å². The number of rotatable bonds is 5. The van der Waals surface area contributed by atoms with E-state index in [9.17, 15) is 4.79 Å². The van der Waals surface area contributed by atoms with Crippen LogP contribution < -0.4 is 4.74 Å². The maximum absolute atomic E-state index is 10.9. The predicted molar refractivity (Wildman–Crippen MR) is 81.4 cm³/mol. The fraction of sp³-hybridized carbons (Fsp3) is 0.143. The van der Waals surface area contributed by atoms with Gasteiger partial charge in [0.1, 0.15) is 5.75 Å². The molecule has 2 aromatic rings. The Kier molecular flexibility index (Phi) is 4.39. The number of thioether (sulfide) groups is 1. The minimum absolute atomic E-state index is 0.00647. The summed E-state index contributed by atoms with van der Waals surface area (Å²) in [5.41, 5.74) is 0.774. The van der Waals surface area contributed by atoms with E-state index in [1.807, 2.05) is 30.3 Å². The highest BCUT2D eigenvalue weighted by molar-refractivity contribution is 8.21. The molecule has 2 rings (SSSR count). The van der Waals surface area contributed by atoms with Gasteiger partial charge in [-0.2, -0.15) is 0 Å². The molecule has 5 heteroatoms. The summed E-state index contributed by atoms with van der Waals surface area (Å²) in [6.07, 6.45) is -0.00647. The SMILES string of the molecule is COc1ccc2c(SC=S)c(CC(=O)O)ccc2c1. The average Bonchev–Trinajstić information content (AvgIpc) is 2.40. The van der Waals surface area contributed by atoms with Crippen molar-refractivity contribution in [1.29, 1.82) is 0 Å². The second-order valence-corrected chi connectivity index (χ2v) is 5.34. The first-order chi connectivity index (χ1) is 9.15. The largest absolute Gasteiger partial charge is 0.497 e. The summed E-state index contributed by atoms with van der Waals surface area (Å²) in [5.74, 6) is -0.0733. The maximum Gasteiger partial charge on any atom is 0.307 e. The number of hydrogen-bond acceptors (Lipinski definition) is 4. The van der Waals surface area contributed by atoms with Crippen molar-refractivity contribution in [2.75, 3.05) is 7.11 Å². The van der Waals surface area contributed by atoms with Crippen molar-refractivity contribution < 1.29 is 14.6 Å². The Morgan fingerprint density at radius 1 is 1.42 bits per heavy atom. The molecule has 0 aromatic heterocycles. The molecule has 0 amide bonds. The monoisotopic (exact) mass is 292 g/mol. The number of methoxy groups -OCH3 is 1. The van der Waals surface area contributed by atoms with E-state index < -0.39 is 5.97 Å². The van der Waals surface area contributed by atoms with Crippen molar-refractivity contribution in [2.24, 2.45) is 0 Å². The lowest BCUT2D eigenvalue weighted by Gasteiger charge is -2.10. The van der Waals surface area contributed by atoms with Crippen molar-refractivity contribution >= 4 is 45.4 Å². The lowest BCUT2D eigenvalue weighted by Crippen LogP contribution is -2.01. The normalized spacial score (nSPS) is 10.4. The van der Waals surface area contributed by atoms with E-state index in [0.29, 0.717) is 0 Å². The van der Waals surface area contributed by atoms with E-state index in [4.69, 9.17) is 22.1 Å². The number of carbonyl (C=O) groups is 1. The number of hydrogen-bond donors (Lipinski definition) is 1. The van der Waals surface area contributed by atoms with Crippen molar-refractivity contribution in [3.05, 3.63) is 35.9 Å². The van der Waals surface area contributed by atoms with E-state index in [1.54, 1.807) is 11.8 Å². The number of ether oxygens (including phenoxy) is 1. The van der Waals surface area contributed by atoms with Crippen LogP contribution in [0.4, 0.5) is 0 Å². The Labute approximate surface area is 120 Å². The summed E-state index contributed by atoms with van der Waals surface area (Å²) < 4.78 is 6.73. The van der Waals surface area contributed by atoms with Crippen LogP contribution in [0.5, 0.6) is 5.75 Å². The molecule has 0 heterocycles. The van der Waals surface area contributed by atoms with Gasteiger partial charge in [-0.1, -0.05) is 36.1 Å². The van der Waals surface area contributed by atoms with Gasteiger partial charge in [0.15, 0.2) is 0 Å². The molecule has 0 radical (unpaired) electrons.